The van der Waals surface area contributed by atoms with Crippen LogP contribution in [0.15, 0.2) is 48.5 Å². The molecule has 1 aliphatic rings. The first-order valence-corrected chi connectivity index (χ1v) is 9.24. The van der Waals surface area contributed by atoms with Gasteiger partial charge in [0.25, 0.3) is 17.7 Å². The normalized spacial score (nSPS) is 12.3. The molecular weight excluding hydrogens is 386 g/mol. The number of benzene rings is 2. The van der Waals surface area contributed by atoms with Gasteiger partial charge < -0.3 is 9.64 Å². The zero-order valence-corrected chi connectivity index (χ0v) is 16.3. The maximum atomic E-state index is 12.5. The summed E-state index contributed by atoms with van der Waals surface area (Å²) in [7, 11) is 1.52. The predicted molar refractivity (Wildman–Crippen MR) is 105 cm³/mol. The van der Waals surface area contributed by atoms with E-state index in [0.29, 0.717) is 16.7 Å². The van der Waals surface area contributed by atoms with Gasteiger partial charge in [-0.2, -0.15) is 5.26 Å². The Bertz CT molecular complexity index is 1020. The minimum atomic E-state index is -0.693. The third-order valence-electron chi connectivity index (χ3n) is 4.69. The third-order valence-corrected chi connectivity index (χ3v) is 4.69. The van der Waals surface area contributed by atoms with Crippen LogP contribution in [-0.2, 0) is 16.1 Å². The van der Waals surface area contributed by atoms with Gasteiger partial charge in [0.1, 0.15) is 0 Å². The van der Waals surface area contributed by atoms with E-state index in [4.69, 9.17) is 10.00 Å². The second-order valence-electron chi connectivity index (χ2n) is 6.74. The van der Waals surface area contributed by atoms with Crippen molar-refractivity contribution in [3.8, 4) is 6.07 Å². The van der Waals surface area contributed by atoms with Gasteiger partial charge in [-0.3, -0.25) is 19.3 Å². The van der Waals surface area contributed by atoms with Gasteiger partial charge >= 0.3 is 5.97 Å². The van der Waals surface area contributed by atoms with Gasteiger partial charge in [-0.25, -0.2) is 4.79 Å². The van der Waals surface area contributed by atoms with Crippen LogP contribution in [0.25, 0.3) is 0 Å². The van der Waals surface area contributed by atoms with E-state index < -0.39 is 18.5 Å². The highest BCUT2D eigenvalue weighted by Crippen LogP contribution is 2.24. The summed E-state index contributed by atoms with van der Waals surface area (Å²) in [5.41, 5.74) is 1.50. The Morgan fingerprint density at radius 2 is 1.73 bits per heavy atom. The summed E-state index contributed by atoms with van der Waals surface area (Å²) in [6.45, 7) is -0.171. The largest absolute Gasteiger partial charge is 0.452 e. The van der Waals surface area contributed by atoms with E-state index >= 15 is 0 Å². The summed E-state index contributed by atoms with van der Waals surface area (Å²) < 4.78 is 5.05. The average molecular weight is 405 g/mol. The summed E-state index contributed by atoms with van der Waals surface area (Å²) in [6, 6.07) is 14.9. The molecule has 0 saturated carbocycles. The summed E-state index contributed by atoms with van der Waals surface area (Å²) in [5.74, 6) is -1.87. The van der Waals surface area contributed by atoms with E-state index in [9.17, 15) is 19.2 Å². The zero-order chi connectivity index (χ0) is 21.7. The lowest BCUT2D eigenvalue weighted by Gasteiger charge is -2.16. The topological polar surface area (TPSA) is 108 Å². The molecular formula is C22H19N3O5. The zero-order valence-electron chi connectivity index (χ0n) is 16.3. The minimum Gasteiger partial charge on any atom is -0.452 e. The van der Waals surface area contributed by atoms with E-state index in [2.05, 4.69) is 0 Å². The van der Waals surface area contributed by atoms with Crippen molar-refractivity contribution in [1.29, 1.82) is 5.26 Å². The fourth-order valence-corrected chi connectivity index (χ4v) is 3.03. The number of imide groups is 1. The molecule has 1 aliphatic heterocycles. The molecule has 0 saturated heterocycles. The number of rotatable bonds is 7. The highest BCUT2D eigenvalue weighted by Gasteiger charge is 2.35. The SMILES string of the molecule is CN(CCC#N)C(=O)COC(=O)c1cccc(CN2C(=O)c3ccccc3C2=O)c1. The van der Waals surface area contributed by atoms with Crippen LogP contribution in [0.3, 0.4) is 0 Å². The summed E-state index contributed by atoms with van der Waals surface area (Å²) in [6.07, 6.45) is 0.191. The molecule has 8 nitrogen and oxygen atoms in total. The van der Waals surface area contributed by atoms with Crippen molar-refractivity contribution < 1.29 is 23.9 Å². The van der Waals surface area contributed by atoms with Crippen molar-refractivity contribution in [2.45, 2.75) is 13.0 Å². The number of carbonyl (C=O) groups excluding carboxylic acids is 4. The van der Waals surface area contributed by atoms with E-state index in [1.54, 1.807) is 36.4 Å². The number of hydrogen-bond donors (Lipinski definition) is 0. The summed E-state index contributed by atoms with van der Waals surface area (Å²) in [5, 5.41) is 8.56. The molecule has 0 aromatic heterocycles. The van der Waals surface area contributed by atoms with Gasteiger partial charge in [-0.15, -0.1) is 0 Å². The number of nitrogens with zero attached hydrogens (tertiary/aromatic N) is 3. The molecule has 0 aliphatic carbocycles. The monoisotopic (exact) mass is 405 g/mol. The Balaban J connectivity index is 1.63. The number of carbonyl (C=O) groups is 4. The van der Waals surface area contributed by atoms with E-state index in [-0.39, 0.29) is 36.9 Å². The number of nitriles is 1. The van der Waals surface area contributed by atoms with E-state index in [0.717, 1.165) is 4.90 Å². The second kappa shape index (κ2) is 9.01. The van der Waals surface area contributed by atoms with Gasteiger partial charge in [-0.1, -0.05) is 24.3 Å². The van der Waals surface area contributed by atoms with Gasteiger partial charge in [0.15, 0.2) is 6.61 Å². The van der Waals surface area contributed by atoms with Gasteiger partial charge in [-0.05, 0) is 29.8 Å². The number of likely N-dealkylation sites (N-methyl/N-ethyl adjacent to an activating group) is 1. The highest BCUT2D eigenvalue weighted by atomic mass is 16.5. The molecule has 0 N–H and O–H groups in total. The third kappa shape index (κ3) is 4.36. The molecule has 1 heterocycles. The lowest BCUT2D eigenvalue weighted by molar-refractivity contribution is -0.133. The van der Waals surface area contributed by atoms with Gasteiger partial charge in [0, 0.05) is 13.6 Å². The van der Waals surface area contributed by atoms with Crippen molar-refractivity contribution in [2.75, 3.05) is 20.2 Å². The summed E-state index contributed by atoms with van der Waals surface area (Å²) >= 11 is 0. The standard InChI is InChI=1S/C22H19N3O5/c1-24(11-5-10-23)19(26)14-30-22(29)16-7-4-6-15(12-16)13-25-20(27)17-8-2-3-9-18(17)21(25)28/h2-4,6-9,12H,5,11,13-14H2,1H3. The molecule has 0 fully saturated rings. The molecule has 8 heteroatoms. The van der Waals surface area contributed by atoms with Crippen LogP contribution in [0.4, 0.5) is 0 Å². The first kappa shape index (κ1) is 20.7. The van der Waals surface area contributed by atoms with Crippen LogP contribution in [0.5, 0.6) is 0 Å². The molecule has 0 atom stereocenters. The number of hydrogen-bond acceptors (Lipinski definition) is 6. The lowest BCUT2D eigenvalue weighted by atomic mass is 10.1. The Morgan fingerprint density at radius 3 is 2.37 bits per heavy atom. The van der Waals surface area contributed by atoms with Gasteiger partial charge in [0.2, 0.25) is 0 Å². The van der Waals surface area contributed by atoms with Crippen LogP contribution < -0.4 is 0 Å². The van der Waals surface area contributed by atoms with Crippen LogP contribution in [0.1, 0.15) is 43.1 Å². The maximum Gasteiger partial charge on any atom is 0.338 e. The average Bonchev–Trinajstić information content (AvgIpc) is 3.00. The molecule has 0 spiro atoms. The van der Waals surface area contributed by atoms with Crippen LogP contribution in [0.2, 0.25) is 0 Å². The van der Waals surface area contributed by atoms with E-state index in [1.165, 1.54) is 24.1 Å². The van der Waals surface area contributed by atoms with Crippen molar-refractivity contribution in [1.82, 2.24) is 9.80 Å². The number of fused-ring (bicyclic) bond motifs is 1. The summed E-state index contributed by atoms with van der Waals surface area (Å²) in [4.78, 5) is 51.6. The molecule has 0 unspecified atom stereocenters. The molecule has 0 bridgehead atoms. The number of ether oxygens (including phenoxy) is 1. The molecule has 152 valence electrons. The minimum absolute atomic E-state index is 0.0172. The van der Waals surface area contributed by atoms with Crippen LogP contribution in [0, 0.1) is 11.3 Å². The molecule has 3 rings (SSSR count). The molecule has 2 aromatic carbocycles. The lowest BCUT2D eigenvalue weighted by Crippen LogP contribution is -2.32. The Kier molecular flexibility index (Phi) is 6.23. The first-order valence-electron chi connectivity index (χ1n) is 9.24. The van der Waals surface area contributed by atoms with Crippen molar-refractivity contribution in [2.24, 2.45) is 0 Å². The van der Waals surface area contributed by atoms with Crippen LogP contribution in [-0.4, -0.2) is 53.7 Å². The fraction of sp³-hybridized carbons (Fsp3) is 0.227. The van der Waals surface area contributed by atoms with Crippen molar-refractivity contribution in [3.05, 3.63) is 70.8 Å². The second-order valence-corrected chi connectivity index (χ2v) is 6.74. The molecule has 30 heavy (non-hydrogen) atoms. The van der Waals surface area contributed by atoms with Gasteiger partial charge in [0.05, 0.1) is 35.7 Å². The number of esters is 1. The Hall–Kier alpha value is -3.99. The molecule has 3 amide bonds. The van der Waals surface area contributed by atoms with Crippen LogP contribution >= 0.6 is 0 Å². The smallest absolute Gasteiger partial charge is 0.338 e. The molecule has 2 aromatic rings. The Labute approximate surface area is 173 Å². The van der Waals surface area contributed by atoms with E-state index in [1.807, 2.05) is 6.07 Å². The highest BCUT2D eigenvalue weighted by molar-refractivity contribution is 6.21. The quantitative estimate of drug-likeness (QED) is 0.515. The fourth-order valence-electron chi connectivity index (χ4n) is 3.03. The maximum absolute atomic E-state index is 12.5. The predicted octanol–water partition coefficient (Wildman–Crippen LogP) is 2.01. The number of amides is 3. The van der Waals surface area contributed by atoms with Crippen molar-refractivity contribution >= 4 is 23.7 Å². The van der Waals surface area contributed by atoms with Crippen molar-refractivity contribution in [3.63, 3.8) is 0 Å². The Morgan fingerprint density at radius 1 is 1.07 bits per heavy atom. The molecule has 0 radical (unpaired) electrons. The first-order chi connectivity index (χ1) is 14.4.